The first-order valence-corrected chi connectivity index (χ1v) is 9.98. The maximum Gasteiger partial charge on any atom is 0.161 e. The third-order valence-corrected chi connectivity index (χ3v) is 4.58. The van der Waals surface area contributed by atoms with Gasteiger partial charge in [0.15, 0.2) is 11.6 Å². The van der Waals surface area contributed by atoms with E-state index in [1.54, 1.807) is 0 Å². The molecule has 0 saturated heterocycles. The first-order valence-electron chi connectivity index (χ1n) is 9.98. The number of H-pyrrole nitrogens is 2. The highest BCUT2D eigenvalue weighted by atomic mass is 15.2. The summed E-state index contributed by atoms with van der Waals surface area (Å²) in [6, 6.07) is 8.38. The zero-order valence-corrected chi connectivity index (χ0v) is 17.2. The van der Waals surface area contributed by atoms with Crippen LogP contribution in [-0.2, 0) is 19.3 Å². The Kier molecular flexibility index (Phi) is 6.39. The fraction of sp³-hybridized carbons (Fsp3) is 0.455. The topological polar surface area (TPSA) is 83.1 Å². The van der Waals surface area contributed by atoms with Crippen LogP contribution >= 0.6 is 0 Å². The quantitative estimate of drug-likeness (QED) is 0.580. The highest BCUT2D eigenvalue weighted by Gasteiger charge is 2.24. The van der Waals surface area contributed by atoms with Crippen molar-refractivity contribution in [2.24, 2.45) is 11.8 Å². The lowest BCUT2D eigenvalue weighted by molar-refractivity contribution is 0.620. The van der Waals surface area contributed by atoms with Gasteiger partial charge in [0.05, 0.1) is 5.92 Å². The molecule has 2 N–H and O–H groups in total. The predicted molar refractivity (Wildman–Crippen MR) is 112 cm³/mol. The van der Waals surface area contributed by atoms with Crippen molar-refractivity contribution in [2.45, 2.75) is 52.9 Å². The van der Waals surface area contributed by atoms with Crippen molar-refractivity contribution < 1.29 is 0 Å². The van der Waals surface area contributed by atoms with E-state index >= 15 is 0 Å². The molecule has 0 unspecified atom stereocenters. The molecule has 3 rings (SSSR count). The minimum Gasteiger partial charge on any atom is -0.263 e. The Balaban J connectivity index is 1.89. The van der Waals surface area contributed by atoms with Crippen LogP contribution in [0.15, 0.2) is 30.8 Å². The number of aromatic amines is 2. The lowest BCUT2D eigenvalue weighted by atomic mass is 9.97. The molecule has 0 aliphatic carbocycles. The molecule has 28 heavy (non-hydrogen) atoms. The minimum absolute atomic E-state index is 0.0936. The predicted octanol–water partition coefficient (Wildman–Crippen LogP) is 4.34. The second kappa shape index (κ2) is 8.95. The molecule has 0 fully saturated rings. The van der Waals surface area contributed by atoms with Crippen molar-refractivity contribution in [2.75, 3.05) is 0 Å². The summed E-state index contributed by atoms with van der Waals surface area (Å²) in [5, 5.41) is 15.2. The molecule has 2 aromatic heterocycles. The van der Waals surface area contributed by atoms with Crippen LogP contribution in [0.5, 0.6) is 0 Å². The molecule has 0 atom stereocenters. The van der Waals surface area contributed by atoms with Gasteiger partial charge in [0, 0.05) is 12.8 Å². The highest BCUT2D eigenvalue weighted by molar-refractivity contribution is 5.47. The second-order valence-corrected chi connectivity index (χ2v) is 8.18. The van der Waals surface area contributed by atoms with Gasteiger partial charge in [-0.05, 0) is 29.4 Å². The normalized spacial score (nSPS) is 11.7. The molecule has 0 bridgehead atoms. The molecule has 0 saturated carbocycles. The van der Waals surface area contributed by atoms with E-state index in [-0.39, 0.29) is 5.92 Å². The van der Waals surface area contributed by atoms with Crippen molar-refractivity contribution in [1.82, 2.24) is 30.4 Å². The summed E-state index contributed by atoms with van der Waals surface area (Å²) in [7, 11) is 0. The van der Waals surface area contributed by atoms with Crippen LogP contribution in [-0.4, -0.2) is 30.4 Å². The van der Waals surface area contributed by atoms with Gasteiger partial charge in [-0.3, -0.25) is 10.2 Å². The Morgan fingerprint density at radius 3 is 1.75 bits per heavy atom. The Hall–Kier alpha value is -2.76. The van der Waals surface area contributed by atoms with Gasteiger partial charge >= 0.3 is 0 Å². The van der Waals surface area contributed by atoms with Crippen LogP contribution in [0.4, 0.5) is 0 Å². The lowest BCUT2D eigenvalue weighted by Gasteiger charge is -2.10. The Morgan fingerprint density at radius 1 is 0.821 bits per heavy atom. The molecular formula is C22H30N6. The largest absolute Gasteiger partial charge is 0.263 e. The first kappa shape index (κ1) is 20.0. The fourth-order valence-electron chi connectivity index (χ4n) is 3.21. The van der Waals surface area contributed by atoms with Crippen molar-refractivity contribution in [3.05, 3.63) is 65.3 Å². The molecular weight excluding hydrogens is 348 g/mol. The molecule has 2 heterocycles. The second-order valence-electron chi connectivity index (χ2n) is 8.18. The highest BCUT2D eigenvalue weighted by Crippen LogP contribution is 2.25. The lowest BCUT2D eigenvalue weighted by Crippen LogP contribution is -2.10. The molecule has 3 aromatic rings. The zero-order chi connectivity index (χ0) is 20.1. The van der Waals surface area contributed by atoms with E-state index < -0.39 is 0 Å². The molecule has 0 amide bonds. The summed E-state index contributed by atoms with van der Waals surface area (Å²) in [5.41, 5.74) is 2.30. The molecule has 1 aromatic carbocycles. The van der Waals surface area contributed by atoms with Crippen LogP contribution < -0.4 is 0 Å². The van der Waals surface area contributed by atoms with E-state index in [1.165, 1.54) is 5.56 Å². The Bertz CT molecular complexity index is 840. The standard InChI is InChI=1S/C22H30N6/c1-6-16-7-9-17(10-8-16)13-18(21-23-19(25-27-21)11-14(2)3)22-24-20(26-28-22)12-15(4)5/h6-10,14-15,18H,1,11-13H2,2-5H3,(H,23,25,27)(H,24,26,28). The van der Waals surface area contributed by atoms with Crippen LogP contribution in [0.2, 0.25) is 0 Å². The third kappa shape index (κ3) is 5.15. The van der Waals surface area contributed by atoms with Crippen molar-refractivity contribution in [1.29, 1.82) is 0 Å². The van der Waals surface area contributed by atoms with Gasteiger partial charge in [0.2, 0.25) is 0 Å². The summed E-state index contributed by atoms with van der Waals surface area (Å²) in [5.74, 6) is 4.27. The van der Waals surface area contributed by atoms with Gasteiger partial charge in [-0.1, -0.05) is 64.6 Å². The molecule has 6 nitrogen and oxygen atoms in total. The van der Waals surface area contributed by atoms with E-state index in [1.807, 2.05) is 6.08 Å². The monoisotopic (exact) mass is 378 g/mol. The van der Waals surface area contributed by atoms with Crippen molar-refractivity contribution in [3.63, 3.8) is 0 Å². The van der Waals surface area contributed by atoms with Crippen LogP contribution in [0, 0.1) is 11.8 Å². The van der Waals surface area contributed by atoms with E-state index in [9.17, 15) is 0 Å². The molecule has 0 aliphatic rings. The number of benzene rings is 1. The van der Waals surface area contributed by atoms with Crippen molar-refractivity contribution >= 4 is 6.08 Å². The summed E-state index contributed by atoms with van der Waals surface area (Å²) < 4.78 is 0. The smallest absolute Gasteiger partial charge is 0.161 e. The Labute approximate surface area is 166 Å². The molecule has 0 spiro atoms. The van der Waals surface area contributed by atoms with Gasteiger partial charge in [0.1, 0.15) is 11.6 Å². The van der Waals surface area contributed by atoms with E-state index in [0.717, 1.165) is 48.1 Å². The first-order chi connectivity index (χ1) is 13.4. The third-order valence-electron chi connectivity index (χ3n) is 4.58. The van der Waals surface area contributed by atoms with Gasteiger partial charge in [-0.25, -0.2) is 9.97 Å². The number of nitrogens with zero attached hydrogens (tertiary/aromatic N) is 4. The average molecular weight is 379 g/mol. The van der Waals surface area contributed by atoms with E-state index in [0.29, 0.717) is 11.8 Å². The molecule has 0 aliphatic heterocycles. The van der Waals surface area contributed by atoms with Crippen LogP contribution in [0.25, 0.3) is 6.08 Å². The summed E-state index contributed by atoms with van der Waals surface area (Å²) in [6.07, 6.45) is 4.35. The molecule has 0 radical (unpaired) electrons. The summed E-state index contributed by atoms with van der Waals surface area (Å²) in [6.45, 7) is 12.5. The maximum atomic E-state index is 4.75. The number of aromatic nitrogens is 6. The number of hydrogen-bond donors (Lipinski definition) is 2. The minimum atomic E-state index is -0.0936. The fourth-order valence-corrected chi connectivity index (χ4v) is 3.21. The average Bonchev–Trinajstić information content (AvgIpc) is 3.29. The summed E-state index contributed by atoms with van der Waals surface area (Å²) >= 11 is 0. The van der Waals surface area contributed by atoms with Gasteiger partial charge in [0.25, 0.3) is 0 Å². The molecule has 148 valence electrons. The van der Waals surface area contributed by atoms with Gasteiger partial charge in [-0.15, -0.1) is 0 Å². The maximum absolute atomic E-state index is 4.75. The zero-order valence-electron chi connectivity index (χ0n) is 17.2. The summed E-state index contributed by atoms with van der Waals surface area (Å²) in [4.78, 5) is 9.50. The van der Waals surface area contributed by atoms with E-state index in [2.05, 4.69) is 78.9 Å². The number of hydrogen-bond acceptors (Lipinski definition) is 4. The number of rotatable bonds is 9. The molecule has 6 heteroatoms. The SMILES string of the molecule is C=Cc1ccc(CC(c2n[nH]c(CC(C)C)n2)c2n[nH]c(CC(C)C)n2)cc1. The van der Waals surface area contributed by atoms with Crippen LogP contribution in [0.3, 0.4) is 0 Å². The van der Waals surface area contributed by atoms with Gasteiger partial charge < -0.3 is 0 Å². The Morgan fingerprint density at radius 2 is 1.32 bits per heavy atom. The van der Waals surface area contributed by atoms with Crippen molar-refractivity contribution in [3.8, 4) is 0 Å². The van der Waals surface area contributed by atoms with E-state index in [4.69, 9.17) is 9.97 Å². The number of nitrogens with one attached hydrogen (secondary N) is 2. The van der Waals surface area contributed by atoms with Gasteiger partial charge in [-0.2, -0.15) is 10.2 Å². The van der Waals surface area contributed by atoms with Crippen LogP contribution in [0.1, 0.15) is 68.0 Å².